The highest BCUT2D eigenvalue weighted by atomic mass is 79.9. The highest BCUT2D eigenvalue weighted by molar-refractivity contribution is 9.10. The van der Waals surface area contributed by atoms with E-state index in [2.05, 4.69) is 21.2 Å². The molecule has 0 aliphatic heterocycles. The summed E-state index contributed by atoms with van der Waals surface area (Å²) in [6, 6.07) is 11.3. The van der Waals surface area contributed by atoms with Gasteiger partial charge in [0.25, 0.3) is 5.91 Å². The molecule has 0 bridgehead atoms. The van der Waals surface area contributed by atoms with E-state index in [1.807, 2.05) is 0 Å². The van der Waals surface area contributed by atoms with Gasteiger partial charge in [-0.25, -0.2) is 4.79 Å². The van der Waals surface area contributed by atoms with Crippen molar-refractivity contribution < 1.29 is 19.1 Å². The van der Waals surface area contributed by atoms with Crippen molar-refractivity contribution in [2.45, 2.75) is 6.92 Å². The molecule has 0 fully saturated rings. The molecule has 0 heterocycles. The summed E-state index contributed by atoms with van der Waals surface area (Å²) in [5, 5.41) is 2.56. The maximum absolute atomic E-state index is 12.0. The predicted octanol–water partition coefficient (Wildman–Crippen LogP) is 3.03. The molecule has 2 aromatic carbocycles. The lowest BCUT2D eigenvalue weighted by molar-refractivity contribution is -0.119. The first-order valence-corrected chi connectivity index (χ1v) is 7.79. The van der Waals surface area contributed by atoms with Crippen LogP contribution in [0.25, 0.3) is 0 Å². The number of ether oxygens (including phenoxy) is 1. The first-order chi connectivity index (χ1) is 11.4. The van der Waals surface area contributed by atoms with Crippen LogP contribution in [0.4, 0.5) is 11.4 Å². The first kappa shape index (κ1) is 17.7. The molecule has 0 unspecified atom stereocenters. The van der Waals surface area contributed by atoms with Gasteiger partial charge < -0.3 is 15.8 Å². The number of halogens is 1. The molecule has 0 radical (unpaired) electrons. The fourth-order valence-corrected chi connectivity index (χ4v) is 2.29. The van der Waals surface area contributed by atoms with Gasteiger partial charge in [0.15, 0.2) is 12.4 Å². The monoisotopic (exact) mass is 390 g/mol. The van der Waals surface area contributed by atoms with Gasteiger partial charge in [0.1, 0.15) is 0 Å². The Bertz CT molecular complexity index is 805. The lowest BCUT2D eigenvalue weighted by Gasteiger charge is -2.09. The molecule has 0 aromatic heterocycles. The van der Waals surface area contributed by atoms with E-state index >= 15 is 0 Å². The third kappa shape index (κ3) is 4.66. The summed E-state index contributed by atoms with van der Waals surface area (Å²) >= 11 is 3.24. The van der Waals surface area contributed by atoms with E-state index in [-0.39, 0.29) is 17.0 Å². The highest BCUT2D eigenvalue weighted by Crippen LogP contribution is 2.19. The number of hydrogen-bond acceptors (Lipinski definition) is 5. The summed E-state index contributed by atoms with van der Waals surface area (Å²) in [6.07, 6.45) is 0. The maximum Gasteiger partial charge on any atom is 0.340 e. The molecule has 0 aliphatic carbocycles. The van der Waals surface area contributed by atoms with E-state index in [1.165, 1.54) is 13.0 Å². The maximum atomic E-state index is 12.0. The number of Topliss-reactive ketones (excluding diaryl/α,β-unsaturated/α-hetero) is 1. The molecule has 2 rings (SSSR count). The number of anilines is 2. The van der Waals surface area contributed by atoms with Crippen LogP contribution in [0.15, 0.2) is 46.9 Å². The Morgan fingerprint density at radius 1 is 1.17 bits per heavy atom. The smallest absolute Gasteiger partial charge is 0.340 e. The minimum Gasteiger partial charge on any atom is -0.452 e. The zero-order valence-electron chi connectivity index (χ0n) is 12.8. The summed E-state index contributed by atoms with van der Waals surface area (Å²) in [6.45, 7) is 0.972. The summed E-state index contributed by atoms with van der Waals surface area (Å²) in [5.74, 6) is -1.32. The number of nitrogen functional groups attached to an aromatic ring is 1. The van der Waals surface area contributed by atoms with Crippen LogP contribution < -0.4 is 11.1 Å². The minimum atomic E-state index is -0.693. The number of nitrogens with one attached hydrogen (secondary N) is 1. The molecular formula is C17H15BrN2O4. The molecule has 24 heavy (non-hydrogen) atoms. The largest absolute Gasteiger partial charge is 0.452 e. The zero-order chi connectivity index (χ0) is 17.7. The molecule has 0 spiro atoms. The number of rotatable bonds is 5. The van der Waals surface area contributed by atoms with Crippen LogP contribution in [0, 0.1) is 0 Å². The van der Waals surface area contributed by atoms with E-state index < -0.39 is 18.5 Å². The van der Waals surface area contributed by atoms with Crippen molar-refractivity contribution in [3.05, 3.63) is 58.1 Å². The van der Waals surface area contributed by atoms with Crippen molar-refractivity contribution in [2.75, 3.05) is 17.7 Å². The van der Waals surface area contributed by atoms with Gasteiger partial charge in [-0.3, -0.25) is 9.59 Å². The van der Waals surface area contributed by atoms with E-state index in [9.17, 15) is 14.4 Å². The Hall–Kier alpha value is -2.67. The van der Waals surface area contributed by atoms with Crippen LogP contribution in [0.5, 0.6) is 0 Å². The number of esters is 1. The van der Waals surface area contributed by atoms with E-state index in [4.69, 9.17) is 10.5 Å². The van der Waals surface area contributed by atoms with Gasteiger partial charge in [-0.05, 0) is 37.3 Å². The average Bonchev–Trinajstić information content (AvgIpc) is 2.55. The summed E-state index contributed by atoms with van der Waals surface area (Å²) in [7, 11) is 0. The van der Waals surface area contributed by atoms with Gasteiger partial charge in [-0.15, -0.1) is 0 Å². The summed E-state index contributed by atoms with van der Waals surface area (Å²) in [5.41, 5.74) is 7.08. The van der Waals surface area contributed by atoms with Gasteiger partial charge in [-0.1, -0.05) is 28.1 Å². The normalized spacial score (nSPS) is 10.1. The fourth-order valence-electron chi connectivity index (χ4n) is 1.93. The van der Waals surface area contributed by atoms with Crippen LogP contribution in [0.3, 0.4) is 0 Å². The summed E-state index contributed by atoms with van der Waals surface area (Å²) < 4.78 is 5.63. The minimum absolute atomic E-state index is 0.109. The van der Waals surface area contributed by atoms with E-state index in [1.54, 1.807) is 36.4 Å². The van der Waals surface area contributed by atoms with Gasteiger partial charge >= 0.3 is 5.97 Å². The Morgan fingerprint density at radius 3 is 2.62 bits per heavy atom. The van der Waals surface area contributed by atoms with Gasteiger partial charge in [0.2, 0.25) is 0 Å². The molecule has 3 N–H and O–H groups in total. The number of nitrogens with two attached hydrogens (primary N) is 1. The van der Waals surface area contributed by atoms with E-state index in [0.29, 0.717) is 15.7 Å². The summed E-state index contributed by atoms with van der Waals surface area (Å²) in [4.78, 5) is 35.2. The molecule has 7 heteroatoms. The Kier molecular flexibility index (Phi) is 5.70. The molecular weight excluding hydrogens is 376 g/mol. The number of ketones is 1. The third-order valence-electron chi connectivity index (χ3n) is 3.12. The third-order valence-corrected chi connectivity index (χ3v) is 3.62. The lowest BCUT2D eigenvalue weighted by Crippen LogP contribution is -2.21. The molecule has 0 atom stereocenters. The highest BCUT2D eigenvalue weighted by Gasteiger charge is 2.14. The SMILES string of the molecule is CC(=O)c1cccc(NC(=O)COC(=O)c2cc(Br)ccc2N)c1. The van der Waals surface area contributed by atoms with Gasteiger partial charge in [0.05, 0.1) is 5.56 Å². The van der Waals surface area contributed by atoms with Crippen LogP contribution in [-0.4, -0.2) is 24.3 Å². The van der Waals surface area contributed by atoms with Crippen molar-refractivity contribution in [3.63, 3.8) is 0 Å². The zero-order valence-corrected chi connectivity index (χ0v) is 14.4. The first-order valence-electron chi connectivity index (χ1n) is 7.00. The number of amides is 1. The van der Waals surface area contributed by atoms with Gasteiger partial charge in [-0.2, -0.15) is 0 Å². The van der Waals surface area contributed by atoms with Crippen molar-refractivity contribution in [2.24, 2.45) is 0 Å². The van der Waals surface area contributed by atoms with Crippen LogP contribution >= 0.6 is 15.9 Å². The number of carbonyl (C=O) groups is 3. The van der Waals surface area contributed by atoms with Crippen molar-refractivity contribution in [1.29, 1.82) is 0 Å². The number of hydrogen-bond donors (Lipinski definition) is 2. The Labute approximate surface area is 147 Å². The topological polar surface area (TPSA) is 98.5 Å². The molecule has 124 valence electrons. The van der Waals surface area contributed by atoms with Crippen LogP contribution in [-0.2, 0) is 9.53 Å². The molecule has 6 nitrogen and oxygen atoms in total. The Balaban J connectivity index is 1.96. The van der Waals surface area contributed by atoms with Crippen molar-refractivity contribution in [1.82, 2.24) is 0 Å². The molecule has 1 amide bonds. The number of carbonyl (C=O) groups excluding carboxylic acids is 3. The molecule has 0 saturated carbocycles. The fraction of sp³-hybridized carbons (Fsp3) is 0.118. The predicted molar refractivity (Wildman–Crippen MR) is 93.9 cm³/mol. The second-order valence-corrected chi connectivity index (χ2v) is 5.91. The lowest BCUT2D eigenvalue weighted by atomic mass is 10.1. The second-order valence-electron chi connectivity index (χ2n) is 4.99. The van der Waals surface area contributed by atoms with Crippen LogP contribution in [0.2, 0.25) is 0 Å². The van der Waals surface area contributed by atoms with Gasteiger partial charge in [0, 0.05) is 21.4 Å². The number of benzene rings is 2. The molecule has 0 aliphatic rings. The molecule has 2 aromatic rings. The quantitative estimate of drug-likeness (QED) is 0.464. The van der Waals surface area contributed by atoms with E-state index in [0.717, 1.165) is 0 Å². The second kappa shape index (κ2) is 7.74. The Morgan fingerprint density at radius 2 is 1.92 bits per heavy atom. The standard InChI is InChI=1S/C17H15BrN2O4/c1-10(21)11-3-2-4-13(7-11)20-16(22)9-24-17(23)14-8-12(18)5-6-15(14)19/h2-8H,9,19H2,1H3,(H,20,22). The van der Waals surface area contributed by atoms with Crippen LogP contribution in [0.1, 0.15) is 27.6 Å². The average molecular weight is 391 g/mol. The molecule has 0 saturated heterocycles. The van der Waals surface area contributed by atoms with Crippen molar-refractivity contribution in [3.8, 4) is 0 Å². The van der Waals surface area contributed by atoms with Crippen molar-refractivity contribution >= 4 is 45.0 Å².